The first kappa shape index (κ1) is 13.8. The first-order valence-electron chi connectivity index (χ1n) is 6.35. The number of carbonyl (C=O) groups excluding carboxylic acids is 1. The highest BCUT2D eigenvalue weighted by molar-refractivity contribution is 9.10. The van der Waals surface area contributed by atoms with Gasteiger partial charge in [0.25, 0.3) is 5.91 Å². The number of rotatable bonds is 3. The molecule has 1 amide bonds. The van der Waals surface area contributed by atoms with Crippen LogP contribution in [0.3, 0.4) is 0 Å². The standard InChI is InChI=1S/C15H13BrN2O3/c16-12-3-2-10(17)6-11(12)15(19)18-7-9-1-4-13-14(5-9)21-8-20-13/h1-6H,7-8,17H2,(H,18,19). The van der Waals surface area contributed by atoms with Crippen molar-refractivity contribution < 1.29 is 14.3 Å². The van der Waals surface area contributed by atoms with Crippen LogP contribution >= 0.6 is 15.9 Å². The average Bonchev–Trinajstić information content (AvgIpc) is 2.94. The highest BCUT2D eigenvalue weighted by Gasteiger charge is 2.14. The molecule has 0 saturated heterocycles. The second-order valence-electron chi connectivity index (χ2n) is 4.61. The van der Waals surface area contributed by atoms with Gasteiger partial charge in [0.15, 0.2) is 11.5 Å². The van der Waals surface area contributed by atoms with Crippen LogP contribution < -0.4 is 20.5 Å². The molecule has 21 heavy (non-hydrogen) atoms. The summed E-state index contributed by atoms with van der Waals surface area (Å²) in [6.07, 6.45) is 0. The Kier molecular flexibility index (Phi) is 3.70. The molecule has 0 saturated carbocycles. The number of nitrogens with two attached hydrogens (primary N) is 1. The number of amides is 1. The SMILES string of the molecule is Nc1ccc(Br)c(C(=O)NCc2ccc3c(c2)OCO3)c1. The summed E-state index contributed by atoms with van der Waals surface area (Å²) in [6.45, 7) is 0.637. The smallest absolute Gasteiger partial charge is 0.252 e. The molecule has 0 bridgehead atoms. The molecular formula is C15H13BrN2O3. The van der Waals surface area contributed by atoms with Crippen LogP contribution in [-0.4, -0.2) is 12.7 Å². The van der Waals surface area contributed by atoms with Gasteiger partial charge in [-0.3, -0.25) is 4.79 Å². The number of halogens is 1. The number of nitrogen functional groups attached to an aromatic ring is 1. The first-order chi connectivity index (χ1) is 10.1. The summed E-state index contributed by atoms with van der Waals surface area (Å²) >= 11 is 3.34. The molecular weight excluding hydrogens is 336 g/mol. The van der Waals surface area contributed by atoms with E-state index in [2.05, 4.69) is 21.2 Å². The minimum atomic E-state index is -0.188. The largest absolute Gasteiger partial charge is 0.454 e. The maximum absolute atomic E-state index is 12.2. The van der Waals surface area contributed by atoms with Crippen molar-refractivity contribution >= 4 is 27.5 Å². The first-order valence-corrected chi connectivity index (χ1v) is 7.14. The van der Waals surface area contributed by atoms with Gasteiger partial charge in [0.05, 0.1) is 5.56 Å². The third-order valence-corrected chi connectivity index (χ3v) is 3.82. The number of fused-ring (bicyclic) bond motifs is 1. The third-order valence-electron chi connectivity index (χ3n) is 3.13. The van der Waals surface area contributed by atoms with E-state index in [1.807, 2.05) is 18.2 Å². The monoisotopic (exact) mass is 348 g/mol. The Morgan fingerprint density at radius 3 is 2.86 bits per heavy atom. The predicted octanol–water partition coefficient (Wildman–Crippen LogP) is 2.69. The van der Waals surface area contributed by atoms with Gasteiger partial charge in [0.2, 0.25) is 6.79 Å². The van der Waals surface area contributed by atoms with E-state index in [0.29, 0.717) is 28.0 Å². The van der Waals surface area contributed by atoms with Gasteiger partial charge in [-0.05, 0) is 51.8 Å². The highest BCUT2D eigenvalue weighted by atomic mass is 79.9. The van der Waals surface area contributed by atoms with Gasteiger partial charge in [-0.15, -0.1) is 0 Å². The average molecular weight is 349 g/mol. The van der Waals surface area contributed by atoms with Crippen LogP contribution in [0.25, 0.3) is 0 Å². The Labute approximate surface area is 130 Å². The number of hydrogen-bond acceptors (Lipinski definition) is 4. The molecule has 0 spiro atoms. The number of hydrogen-bond donors (Lipinski definition) is 2. The molecule has 3 rings (SSSR count). The lowest BCUT2D eigenvalue weighted by Crippen LogP contribution is -2.23. The lowest BCUT2D eigenvalue weighted by Gasteiger charge is -2.08. The summed E-state index contributed by atoms with van der Waals surface area (Å²) in [5, 5.41) is 2.85. The molecule has 0 unspecified atom stereocenters. The van der Waals surface area contributed by atoms with Crippen molar-refractivity contribution in [2.75, 3.05) is 12.5 Å². The molecule has 2 aromatic rings. The van der Waals surface area contributed by atoms with E-state index in [-0.39, 0.29) is 12.7 Å². The van der Waals surface area contributed by atoms with Gasteiger partial charge in [0, 0.05) is 16.7 Å². The van der Waals surface area contributed by atoms with Crippen molar-refractivity contribution in [2.45, 2.75) is 6.54 Å². The predicted molar refractivity (Wildman–Crippen MR) is 82.3 cm³/mol. The van der Waals surface area contributed by atoms with Crippen molar-refractivity contribution in [1.29, 1.82) is 0 Å². The Hall–Kier alpha value is -2.21. The van der Waals surface area contributed by atoms with Crippen LogP contribution in [0.4, 0.5) is 5.69 Å². The molecule has 1 aliphatic rings. The van der Waals surface area contributed by atoms with Crippen molar-refractivity contribution in [3.05, 3.63) is 52.0 Å². The van der Waals surface area contributed by atoms with Crippen LogP contribution in [-0.2, 0) is 6.54 Å². The summed E-state index contributed by atoms with van der Waals surface area (Å²) in [5.41, 5.74) is 7.70. The molecule has 6 heteroatoms. The van der Waals surface area contributed by atoms with Crippen molar-refractivity contribution in [2.24, 2.45) is 0 Å². The van der Waals surface area contributed by atoms with Crippen LogP contribution in [0, 0.1) is 0 Å². The lowest BCUT2D eigenvalue weighted by atomic mass is 10.1. The zero-order valence-electron chi connectivity index (χ0n) is 11.1. The van der Waals surface area contributed by atoms with E-state index in [1.165, 1.54) is 0 Å². The summed E-state index contributed by atoms with van der Waals surface area (Å²) in [4.78, 5) is 12.2. The summed E-state index contributed by atoms with van der Waals surface area (Å²) in [6, 6.07) is 10.7. The van der Waals surface area contributed by atoms with Gasteiger partial charge in [-0.25, -0.2) is 0 Å². The van der Waals surface area contributed by atoms with Crippen LogP contribution in [0.2, 0.25) is 0 Å². The second-order valence-corrected chi connectivity index (χ2v) is 5.46. The van der Waals surface area contributed by atoms with Crippen molar-refractivity contribution in [1.82, 2.24) is 5.32 Å². The number of nitrogens with one attached hydrogen (secondary N) is 1. The van der Waals surface area contributed by atoms with E-state index < -0.39 is 0 Å². The molecule has 0 atom stereocenters. The molecule has 108 valence electrons. The van der Waals surface area contributed by atoms with Crippen molar-refractivity contribution in [3.8, 4) is 11.5 Å². The van der Waals surface area contributed by atoms with Crippen LogP contribution in [0.5, 0.6) is 11.5 Å². The fourth-order valence-corrected chi connectivity index (χ4v) is 2.47. The molecule has 1 heterocycles. The molecule has 0 aliphatic carbocycles. The Morgan fingerprint density at radius 2 is 2.00 bits per heavy atom. The molecule has 5 nitrogen and oxygen atoms in total. The zero-order valence-corrected chi connectivity index (χ0v) is 12.6. The fraction of sp³-hybridized carbons (Fsp3) is 0.133. The molecule has 0 fully saturated rings. The zero-order chi connectivity index (χ0) is 14.8. The molecule has 3 N–H and O–H groups in total. The third kappa shape index (κ3) is 2.95. The van der Waals surface area contributed by atoms with E-state index in [4.69, 9.17) is 15.2 Å². The molecule has 1 aliphatic heterocycles. The van der Waals surface area contributed by atoms with Gasteiger partial charge >= 0.3 is 0 Å². The number of benzene rings is 2. The Balaban J connectivity index is 1.70. The van der Waals surface area contributed by atoms with E-state index >= 15 is 0 Å². The maximum Gasteiger partial charge on any atom is 0.252 e. The van der Waals surface area contributed by atoms with Crippen molar-refractivity contribution in [3.63, 3.8) is 0 Å². The summed E-state index contributed by atoms with van der Waals surface area (Å²) < 4.78 is 11.3. The van der Waals surface area contributed by atoms with Crippen LogP contribution in [0.15, 0.2) is 40.9 Å². The second kappa shape index (κ2) is 5.65. The fourth-order valence-electron chi connectivity index (χ4n) is 2.05. The van der Waals surface area contributed by atoms with Gasteiger partial charge in [-0.1, -0.05) is 6.07 Å². The topological polar surface area (TPSA) is 73.6 Å². The Morgan fingerprint density at radius 1 is 1.19 bits per heavy atom. The number of carbonyl (C=O) groups is 1. The molecule has 2 aromatic carbocycles. The number of ether oxygens (including phenoxy) is 2. The van der Waals surface area contributed by atoms with Gasteiger partial charge in [-0.2, -0.15) is 0 Å². The summed E-state index contributed by atoms with van der Waals surface area (Å²) in [5.74, 6) is 1.24. The maximum atomic E-state index is 12.2. The summed E-state index contributed by atoms with van der Waals surface area (Å²) in [7, 11) is 0. The minimum absolute atomic E-state index is 0.188. The quantitative estimate of drug-likeness (QED) is 0.836. The lowest BCUT2D eigenvalue weighted by molar-refractivity contribution is 0.0950. The van der Waals surface area contributed by atoms with E-state index in [9.17, 15) is 4.79 Å². The van der Waals surface area contributed by atoms with Gasteiger partial charge < -0.3 is 20.5 Å². The molecule has 0 aromatic heterocycles. The van der Waals surface area contributed by atoms with E-state index in [0.717, 1.165) is 11.3 Å². The normalized spacial score (nSPS) is 12.2. The van der Waals surface area contributed by atoms with Gasteiger partial charge in [0.1, 0.15) is 0 Å². The van der Waals surface area contributed by atoms with Crippen LogP contribution in [0.1, 0.15) is 15.9 Å². The molecule has 0 radical (unpaired) electrons. The highest BCUT2D eigenvalue weighted by Crippen LogP contribution is 2.32. The Bertz CT molecular complexity index is 703. The van der Waals surface area contributed by atoms with E-state index in [1.54, 1.807) is 18.2 Å². The minimum Gasteiger partial charge on any atom is -0.454 e. The number of anilines is 1.